The Bertz CT molecular complexity index is 454. The third kappa shape index (κ3) is 2.80. The van der Waals surface area contributed by atoms with Crippen molar-refractivity contribution in [3.63, 3.8) is 0 Å². The fourth-order valence-electron chi connectivity index (χ4n) is 1.65. The van der Waals surface area contributed by atoms with Crippen molar-refractivity contribution < 1.29 is 4.79 Å². The minimum absolute atomic E-state index is 0.295. The first-order valence-electron chi connectivity index (χ1n) is 5.37. The topological polar surface area (TPSA) is 17.1 Å². The number of hydrogen-bond donors (Lipinski definition) is 0. The van der Waals surface area contributed by atoms with Crippen molar-refractivity contribution in [1.29, 1.82) is 0 Å². The highest BCUT2D eigenvalue weighted by molar-refractivity contribution is 7.12. The first-order chi connectivity index (χ1) is 7.77. The van der Waals surface area contributed by atoms with Crippen LogP contribution >= 0.6 is 22.7 Å². The van der Waals surface area contributed by atoms with Gasteiger partial charge in [-0.15, -0.1) is 22.7 Å². The van der Waals surface area contributed by atoms with Crippen LogP contribution in [0.4, 0.5) is 0 Å². The highest BCUT2D eigenvalue weighted by atomic mass is 32.1. The van der Waals surface area contributed by atoms with Crippen LogP contribution in [0.5, 0.6) is 0 Å². The summed E-state index contributed by atoms with van der Waals surface area (Å²) in [4.78, 5) is 14.2. The molecular weight excluding hydrogens is 236 g/mol. The van der Waals surface area contributed by atoms with E-state index in [-0.39, 0.29) is 0 Å². The van der Waals surface area contributed by atoms with E-state index in [1.807, 2.05) is 18.4 Å². The van der Waals surface area contributed by atoms with Gasteiger partial charge in [0.2, 0.25) is 0 Å². The largest absolute Gasteiger partial charge is 0.293 e. The van der Waals surface area contributed by atoms with Gasteiger partial charge in [-0.25, -0.2) is 0 Å². The lowest BCUT2D eigenvalue weighted by atomic mass is 10.1. The van der Waals surface area contributed by atoms with Crippen LogP contribution in [0.1, 0.15) is 33.0 Å². The average Bonchev–Trinajstić information content (AvgIpc) is 2.88. The maximum absolute atomic E-state index is 11.9. The Morgan fingerprint density at radius 3 is 2.75 bits per heavy atom. The number of aryl methyl sites for hydroxylation is 2. The van der Waals surface area contributed by atoms with Gasteiger partial charge in [0.1, 0.15) is 0 Å². The van der Waals surface area contributed by atoms with Crippen LogP contribution in [-0.4, -0.2) is 5.78 Å². The van der Waals surface area contributed by atoms with E-state index in [0.29, 0.717) is 12.2 Å². The number of carbonyl (C=O) groups excluding carboxylic acids is 1. The van der Waals surface area contributed by atoms with Crippen LogP contribution in [0, 0.1) is 6.92 Å². The number of hydrogen-bond acceptors (Lipinski definition) is 3. The molecule has 0 atom stereocenters. The third-order valence-corrected chi connectivity index (χ3v) is 4.52. The van der Waals surface area contributed by atoms with Crippen LogP contribution in [0.2, 0.25) is 0 Å². The van der Waals surface area contributed by atoms with Crippen LogP contribution in [0.15, 0.2) is 29.0 Å². The molecule has 0 aliphatic rings. The molecular formula is C13H14OS2. The fraction of sp³-hybridized carbons (Fsp3) is 0.308. The maximum Gasteiger partial charge on any atom is 0.173 e. The van der Waals surface area contributed by atoms with Crippen LogP contribution in [-0.2, 0) is 6.42 Å². The zero-order valence-electron chi connectivity index (χ0n) is 9.23. The molecule has 84 valence electrons. The average molecular weight is 250 g/mol. The summed E-state index contributed by atoms with van der Waals surface area (Å²) in [6.07, 6.45) is 2.64. The van der Waals surface area contributed by atoms with E-state index in [0.717, 1.165) is 23.3 Å². The first kappa shape index (κ1) is 11.6. The van der Waals surface area contributed by atoms with E-state index in [2.05, 4.69) is 17.5 Å². The van der Waals surface area contributed by atoms with Crippen molar-refractivity contribution >= 4 is 28.5 Å². The molecule has 2 heterocycles. The molecule has 0 aliphatic heterocycles. The van der Waals surface area contributed by atoms with Crippen molar-refractivity contribution in [3.05, 3.63) is 44.3 Å². The monoisotopic (exact) mass is 250 g/mol. The maximum atomic E-state index is 11.9. The lowest BCUT2D eigenvalue weighted by molar-refractivity contribution is 0.0983. The second-order valence-corrected chi connectivity index (χ2v) is 5.74. The zero-order valence-corrected chi connectivity index (χ0v) is 10.9. The molecule has 2 aromatic heterocycles. The lowest BCUT2D eigenvalue weighted by Gasteiger charge is -1.99. The normalized spacial score (nSPS) is 10.6. The van der Waals surface area contributed by atoms with Gasteiger partial charge >= 0.3 is 0 Å². The molecule has 1 nitrogen and oxygen atoms in total. The molecule has 0 N–H and O–H groups in total. The van der Waals surface area contributed by atoms with Gasteiger partial charge in [-0.3, -0.25) is 4.79 Å². The van der Waals surface area contributed by atoms with Gasteiger partial charge in [0.25, 0.3) is 0 Å². The van der Waals surface area contributed by atoms with Gasteiger partial charge in [-0.1, -0.05) is 6.07 Å². The molecule has 2 rings (SSSR count). The number of rotatable bonds is 5. The molecule has 16 heavy (non-hydrogen) atoms. The molecule has 0 saturated carbocycles. The minimum Gasteiger partial charge on any atom is -0.293 e. The van der Waals surface area contributed by atoms with Crippen LogP contribution in [0.3, 0.4) is 0 Å². The highest BCUT2D eigenvalue weighted by Crippen LogP contribution is 2.19. The number of thiophene rings is 2. The summed E-state index contributed by atoms with van der Waals surface area (Å²) < 4.78 is 0. The van der Waals surface area contributed by atoms with E-state index in [9.17, 15) is 4.79 Å². The Balaban J connectivity index is 1.83. The molecule has 3 heteroatoms. The van der Waals surface area contributed by atoms with Crippen molar-refractivity contribution in [2.75, 3.05) is 0 Å². The van der Waals surface area contributed by atoms with E-state index < -0.39 is 0 Å². The van der Waals surface area contributed by atoms with Gasteiger partial charge in [0.15, 0.2) is 5.78 Å². The van der Waals surface area contributed by atoms with Gasteiger partial charge < -0.3 is 0 Å². The summed E-state index contributed by atoms with van der Waals surface area (Å²) >= 11 is 3.33. The van der Waals surface area contributed by atoms with Gasteiger partial charge in [0.05, 0.1) is 4.88 Å². The molecule has 0 aliphatic carbocycles. The molecule has 0 radical (unpaired) electrons. The summed E-state index contributed by atoms with van der Waals surface area (Å²) in [5.74, 6) is 0.295. The first-order valence-corrected chi connectivity index (χ1v) is 7.13. The molecule has 0 fully saturated rings. The quantitative estimate of drug-likeness (QED) is 0.722. The standard InChI is InChI=1S/C13H14OS2/c1-10-7-9-16-13(10)12(14)6-2-4-11-5-3-8-15-11/h3,5,7-9H,2,4,6H2,1H3. The van der Waals surface area contributed by atoms with E-state index in [1.165, 1.54) is 4.88 Å². The fourth-order valence-corrected chi connectivity index (χ4v) is 3.30. The number of Topliss-reactive ketones (excluding diaryl/α,β-unsaturated/α-hetero) is 1. The molecule has 0 bridgehead atoms. The summed E-state index contributed by atoms with van der Waals surface area (Å²) in [6.45, 7) is 2.00. The Labute approximate surface area is 104 Å². The van der Waals surface area contributed by atoms with Crippen LogP contribution in [0.25, 0.3) is 0 Å². The SMILES string of the molecule is Cc1ccsc1C(=O)CCCc1cccs1. The van der Waals surface area contributed by atoms with Crippen LogP contribution < -0.4 is 0 Å². The van der Waals surface area contributed by atoms with Crippen molar-refractivity contribution in [2.24, 2.45) is 0 Å². The van der Waals surface area contributed by atoms with E-state index >= 15 is 0 Å². The zero-order chi connectivity index (χ0) is 11.4. The Hall–Kier alpha value is -0.930. The molecule has 0 saturated heterocycles. The lowest BCUT2D eigenvalue weighted by Crippen LogP contribution is -1.98. The molecule has 0 amide bonds. The predicted octanol–water partition coefficient (Wildman–Crippen LogP) is 4.32. The summed E-state index contributed by atoms with van der Waals surface area (Å²) in [6, 6.07) is 6.20. The molecule has 0 unspecified atom stereocenters. The Kier molecular flexibility index (Phi) is 3.91. The highest BCUT2D eigenvalue weighted by Gasteiger charge is 2.09. The van der Waals surface area contributed by atoms with Crippen molar-refractivity contribution in [2.45, 2.75) is 26.2 Å². The van der Waals surface area contributed by atoms with E-state index in [4.69, 9.17) is 0 Å². The molecule has 0 spiro atoms. The number of ketones is 1. The Morgan fingerprint density at radius 1 is 1.25 bits per heavy atom. The third-order valence-electron chi connectivity index (χ3n) is 2.52. The smallest absolute Gasteiger partial charge is 0.173 e. The number of carbonyl (C=O) groups is 1. The Morgan fingerprint density at radius 2 is 2.12 bits per heavy atom. The second-order valence-electron chi connectivity index (χ2n) is 3.79. The summed E-state index contributed by atoms with van der Waals surface area (Å²) in [5.41, 5.74) is 1.12. The predicted molar refractivity (Wildman–Crippen MR) is 70.6 cm³/mol. The second kappa shape index (κ2) is 5.41. The minimum atomic E-state index is 0.295. The van der Waals surface area contributed by atoms with Gasteiger partial charge in [0, 0.05) is 11.3 Å². The van der Waals surface area contributed by atoms with Gasteiger partial charge in [-0.05, 0) is 48.2 Å². The van der Waals surface area contributed by atoms with Crippen molar-refractivity contribution in [1.82, 2.24) is 0 Å². The summed E-state index contributed by atoms with van der Waals surface area (Å²) in [7, 11) is 0. The molecule has 2 aromatic rings. The summed E-state index contributed by atoms with van der Waals surface area (Å²) in [5, 5.41) is 4.07. The van der Waals surface area contributed by atoms with Gasteiger partial charge in [-0.2, -0.15) is 0 Å². The molecule has 0 aromatic carbocycles. The van der Waals surface area contributed by atoms with Crippen molar-refractivity contribution in [3.8, 4) is 0 Å². The van der Waals surface area contributed by atoms with E-state index in [1.54, 1.807) is 22.7 Å².